The summed E-state index contributed by atoms with van der Waals surface area (Å²) in [5, 5.41) is 3.67. The molecule has 2 aliphatic rings. The standard InChI is InChI=1S/C12H24N2O/c1-3-15-7-6-14-9-12(11-4-5-11)13-8-10(14)2/h10-13H,3-9H2,1-2H3. The molecule has 0 aromatic heterocycles. The van der Waals surface area contributed by atoms with Crippen LogP contribution in [0, 0.1) is 5.92 Å². The van der Waals surface area contributed by atoms with Crippen LogP contribution in [0.1, 0.15) is 26.7 Å². The Hall–Kier alpha value is -0.120. The van der Waals surface area contributed by atoms with Gasteiger partial charge in [0.2, 0.25) is 0 Å². The van der Waals surface area contributed by atoms with Gasteiger partial charge in [-0.3, -0.25) is 4.90 Å². The van der Waals surface area contributed by atoms with E-state index in [0.717, 1.165) is 38.3 Å². The molecule has 3 nitrogen and oxygen atoms in total. The van der Waals surface area contributed by atoms with Crippen molar-refractivity contribution in [2.45, 2.75) is 38.8 Å². The van der Waals surface area contributed by atoms with Crippen molar-refractivity contribution in [2.75, 3.05) is 32.8 Å². The molecule has 0 aromatic carbocycles. The smallest absolute Gasteiger partial charge is 0.0593 e. The number of hydrogen-bond donors (Lipinski definition) is 1. The van der Waals surface area contributed by atoms with E-state index in [-0.39, 0.29) is 0 Å². The first-order valence-electron chi connectivity index (χ1n) is 6.36. The van der Waals surface area contributed by atoms with Crippen molar-refractivity contribution in [2.24, 2.45) is 5.92 Å². The second-order valence-corrected chi connectivity index (χ2v) is 4.89. The third-order valence-electron chi connectivity index (χ3n) is 3.65. The van der Waals surface area contributed by atoms with Gasteiger partial charge in [-0.2, -0.15) is 0 Å². The quantitative estimate of drug-likeness (QED) is 0.691. The van der Waals surface area contributed by atoms with Gasteiger partial charge in [0.05, 0.1) is 6.61 Å². The van der Waals surface area contributed by atoms with Crippen molar-refractivity contribution < 1.29 is 4.74 Å². The number of ether oxygens (including phenoxy) is 1. The summed E-state index contributed by atoms with van der Waals surface area (Å²) in [6.07, 6.45) is 2.87. The Labute approximate surface area is 93.2 Å². The summed E-state index contributed by atoms with van der Waals surface area (Å²) in [6.45, 7) is 9.56. The first kappa shape index (κ1) is 11.4. The predicted molar refractivity (Wildman–Crippen MR) is 62.0 cm³/mol. The SMILES string of the molecule is CCOCCN1CC(C2CC2)NCC1C. The van der Waals surface area contributed by atoms with Crippen LogP contribution in [-0.2, 0) is 4.74 Å². The number of rotatable bonds is 5. The van der Waals surface area contributed by atoms with Crippen molar-refractivity contribution in [1.29, 1.82) is 0 Å². The third kappa shape index (κ3) is 3.16. The summed E-state index contributed by atoms with van der Waals surface area (Å²) in [6, 6.07) is 1.42. The van der Waals surface area contributed by atoms with E-state index >= 15 is 0 Å². The molecule has 2 atom stereocenters. The minimum atomic E-state index is 0.667. The molecular formula is C12H24N2O. The summed E-state index contributed by atoms with van der Waals surface area (Å²) in [5.41, 5.74) is 0. The van der Waals surface area contributed by atoms with Crippen LogP contribution in [0.15, 0.2) is 0 Å². The van der Waals surface area contributed by atoms with Crippen LogP contribution in [0.4, 0.5) is 0 Å². The lowest BCUT2D eigenvalue weighted by Crippen LogP contribution is -2.56. The maximum Gasteiger partial charge on any atom is 0.0593 e. The van der Waals surface area contributed by atoms with Crippen LogP contribution < -0.4 is 5.32 Å². The van der Waals surface area contributed by atoms with Gasteiger partial charge in [-0.15, -0.1) is 0 Å². The van der Waals surface area contributed by atoms with Gasteiger partial charge in [0.1, 0.15) is 0 Å². The van der Waals surface area contributed by atoms with E-state index in [0.29, 0.717) is 6.04 Å². The molecule has 88 valence electrons. The fourth-order valence-corrected chi connectivity index (χ4v) is 2.40. The summed E-state index contributed by atoms with van der Waals surface area (Å²) in [7, 11) is 0. The molecule has 0 radical (unpaired) electrons. The van der Waals surface area contributed by atoms with E-state index in [1.807, 2.05) is 0 Å². The van der Waals surface area contributed by atoms with E-state index in [4.69, 9.17) is 4.74 Å². The molecule has 0 amide bonds. The maximum absolute atomic E-state index is 5.43. The average molecular weight is 212 g/mol. The van der Waals surface area contributed by atoms with Crippen LogP contribution in [0.2, 0.25) is 0 Å². The largest absolute Gasteiger partial charge is 0.380 e. The molecule has 2 fully saturated rings. The van der Waals surface area contributed by atoms with Gasteiger partial charge >= 0.3 is 0 Å². The minimum Gasteiger partial charge on any atom is -0.380 e. The molecule has 2 rings (SSSR count). The number of nitrogens with one attached hydrogen (secondary N) is 1. The second kappa shape index (κ2) is 5.28. The van der Waals surface area contributed by atoms with Gasteiger partial charge in [0, 0.05) is 38.3 Å². The van der Waals surface area contributed by atoms with E-state index in [2.05, 4.69) is 24.1 Å². The van der Waals surface area contributed by atoms with Crippen molar-refractivity contribution in [3.05, 3.63) is 0 Å². The van der Waals surface area contributed by atoms with Crippen LogP contribution >= 0.6 is 0 Å². The molecule has 1 N–H and O–H groups in total. The highest BCUT2D eigenvalue weighted by Crippen LogP contribution is 2.34. The molecule has 0 aromatic rings. The third-order valence-corrected chi connectivity index (χ3v) is 3.65. The van der Waals surface area contributed by atoms with Crippen LogP contribution in [0.5, 0.6) is 0 Å². The average Bonchev–Trinajstić information content (AvgIpc) is 3.05. The second-order valence-electron chi connectivity index (χ2n) is 4.89. The summed E-state index contributed by atoms with van der Waals surface area (Å²) in [5.74, 6) is 0.965. The van der Waals surface area contributed by atoms with Crippen LogP contribution in [0.3, 0.4) is 0 Å². The molecular weight excluding hydrogens is 188 g/mol. The zero-order chi connectivity index (χ0) is 10.7. The lowest BCUT2D eigenvalue weighted by Gasteiger charge is -2.39. The highest BCUT2D eigenvalue weighted by Gasteiger charge is 2.35. The Kier molecular flexibility index (Phi) is 4.00. The van der Waals surface area contributed by atoms with Crippen molar-refractivity contribution in [3.63, 3.8) is 0 Å². The predicted octanol–water partition coefficient (Wildman–Crippen LogP) is 1.10. The lowest BCUT2D eigenvalue weighted by molar-refractivity contribution is 0.0726. The Balaban J connectivity index is 1.74. The molecule has 0 bridgehead atoms. The Morgan fingerprint density at radius 1 is 1.40 bits per heavy atom. The fourth-order valence-electron chi connectivity index (χ4n) is 2.40. The van der Waals surface area contributed by atoms with Crippen LogP contribution in [0.25, 0.3) is 0 Å². The molecule has 1 heterocycles. The van der Waals surface area contributed by atoms with Gasteiger partial charge < -0.3 is 10.1 Å². The maximum atomic E-state index is 5.43. The molecule has 1 saturated carbocycles. The molecule has 1 aliphatic heterocycles. The Bertz CT molecular complexity index is 194. The number of hydrogen-bond acceptors (Lipinski definition) is 3. The summed E-state index contributed by atoms with van der Waals surface area (Å²) in [4.78, 5) is 2.58. The Morgan fingerprint density at radius 3 is 2.87 bits per heavy atom. The zero-order valence-electron chi connectivity index (χ0n) is 10.0. The summed E-state index contributed by atoms with van der Waals surface area (Å²) >= 11 is 0. The summed E-state index contributed by atoms with van der Waals surface area (Å²) < 4.78 is 5.43. The van der Waals surface area contributed by atoms with Crippen molar-refractivity contribution in [1.82, 2.24) is 10.2 Å². The topological polar surface area (TPSA) is 24.5 Å². The van der Waals surface area contributed by atoms with Crippen LogP contribution in [-0.4, -0.2) is 49.8 Å². The lowest BCUT2D eigenvalue weighted by atomic mass is 10.1. The molecule has 0 spiro atoms. The highest BCUT2D eigenvalue weighted by atomic mass is 16.5. The van der Waals surface area contributed by atoms with E-state index < -0.39 is 0 Å². The molecule has 3 heteroatoms. The first-order chi connectivity index (χ1) is 7.31. The van der Waals surface area contributed by atoms with Gasteiger partial charge in [-0.25, -0.2) is 0 Å². The number of nitrogens with zero attached hydrogens (tertiary/aromatic N) is 1. The molecule has 15 heavy (non-hydrogen) atoms. The van der Waals surface area contributed by atoms with Gasteiger partial charge in [-0.05, 0) is 32.6 Å². The zero-order valence-corrected chi connectivity index (χ0v) is 10.0. The monoisotopic (exact) mass is 212 g/mol. The normalized spacial score (nSPS) is 33.2. The highest BCUT2D eigenvalue weighted by molar-refractivity contribution is 4.93. The van der Waals surface area contributed by atoms with E-state index in [1.54, 1.807) is 0 Å². The molecule has 2 unspecified atom stereocenters. The van der Waals surface area contributed by atoms with Crippen molar-refractivity contribution in [3.8, 4) is 0 Å². The Morgan fingerprint density at radius 2 is 2.20 bits per heavy atom. The van der Waals surface area contributed by atoms with Gasteiger partial charge in [-0.1, -0.05) is 0 Å². The van der Waals surface area contributed by atoms with Gasteiger partial charge in [0.15, 0.2) is 0 Å². The van der Waals surface area contributed by atoms with E-state index in [1.165, 1.54) is 19.4 Å². The minimum absolute atomic E-state index is 0.667. The van der Waals surface area contributed by atoms with Gasteiger partial charge in [0.25, 0.3) is 0 Å². The fraction of sp³-hybridized carbons (Fsp3) is 1.00. The first-order valence-corrected chi connectivity index (χ1v) is 6.36. The number of piperazine rings is 1. The van der Waals surface area contributed by atoms with E-state index in [9.17, 15) is 0 Å². The molecule has 1 aliphatic carbocycles. The van der Waals surface area contributed by atoms with Crippen molar-refractivity contribution >= 4 is 0 Å². The molecule has 1 saturated heterocycles.